The Morgan fingerprint density at radius 3 is 2.72 bits per heavy atom. The number of benzene rings is 1. The third-order valence-corrected chi connectivity index (χ3v) is 4.62. The average Bonchev–Trinajstić information content (AvgIpc) is 2.40. The number of allylic oxidation sites excluding steroid dienone is 3. The average molecular weight is 309 g/mol. The SMILES string of the molecule is CCCC/C=C(/C=C/COC)[Se]c1ccccc1. The molecule has 0 heterocycles. The second-order valence-electron chi connectivity index (χ2n) is 4.02. The second-order valence-corrected chi connectivity index (χ2v) is 6.43. The molecule has 0 bridgehead atoms. The molecule has 0 atom stereocenters. The van der Waals surface area contributed by atoms with Gasteiger partial charge in [-0.3, -0.25) is 0 Å². The van der Waals surface area contributed by atoms with Crippen LogP contribution in [-0.4, -0.2) is 28.7 Å². The molecule has 98 valence electrons. The van der Waals surface area contributed by atoms with Crippen molar-refractivity contribution < 1.29 is 4.74 Å². The van der Waals surface area contributed by atoms with Gasteiger partial charge < -0.3 is 0 Å². The summed E-state index contributed by atoms with van der Waals surface area (Å²) >= 11 is 0.402. The third-order valence-electron chi connectivity index (χ3n) is 2.43. The van der Waals surface area contributed by atoms with Crippen molar-refractivity contribution in [1.29, 1.82) is 0 Å². The molecule has 18 heavy (non-hydrogen) atoms. The fraction of sp³-hybridized carbons (Fsp3) is 0.375. The van der Waals surface area contributed by atoms with Gasteiger partial charge in [-0.1, -0.05) is 0 Å². The zero-order valence-electron chi connectivity index (χ0n) is 11.3. The van der Waals surface area contributed by atoms with E-state index in [-0.39, 0.29) is 0 Å². The summed E-state index contributed by atoms with van der Waals surface area (Å²) < 4.78 is 7.93. The number of unbranched alkanes of at least 4 members (excludes halogenated alkanes) is 2. The molecule has 0 saturated heterocycles. The summed E-state index contributed by atoms with van der Waals surface area (Å²) in [7, 11) is 1.73. The molecule has 0 amide bonds. The molecule has 2 heteroatoms. The fourth-order valence-corrected chi connectivity index (χ4v) is 3.43. The topological polar surface area (TPSA) is 9.23 Å². The summed E-state index contributed by atoms with van der Waals surface area (Å²) in [6.07, 6.45) is 10.4. The number of hydrogen-bond donors (Lipinski definition) is 0. The van der Waals surface area contributed by atoms with E-state index in [0.717, 1.165) is 0 Å². The molecule has 1 aromatic rings. The van der Waals surface area contributed by atoms with Gasteiger partial charge in [0.2, 0.25) is 0 Å². The van der Waals surface area contributed by atoms with E-state index in [1.165, 1.54) is 28.2 Å². The van der Waals surface area contributed by atoms with Crippen molar-refractivity contribution in [3.05, 3.63) is 53.0 Å². The Morgan fingerprint density at radius 1 is 1.28 bits per heavy atom. The second kappa shape index (κ2) is 10.1. The van der Waals surface area contributed by atoms with Gasteiger partial charge in [-0.2, -0.15) is 0 Å². The first kappa shape index (κ1) is 15.2. The molecular weight excluding hydrogens is 287 g/mol. The van der Waals surface area contributed by atoms with Crippen molar-refractivity contribution in [3.63, 3.8) is 0 Å². The van der Waals surface area contributed by atoms with Gasteiger partial charge in [-0.05, 0) is 0 Å². The van der Waals surface area contributed by atoms with Crippen LogP contribution in [0.3, 0.4) is 0 Å². The summed E-state index contributed by atoms with van der Waals surface area (Å²) in [6.45, 7) is 2.92. The first-order chi connectivity index (χ1) is 8.86. The van der Waals surface area contributed by atoms with Crippen LogP contribution in [0.25, 0.3) is 0 Å². The Kier molecular flexibility index (Phi) is 8.58. The van der Waals surface area contributed by atoms with Crippen LogP contribution in [0.1, 0.15) is 26.2 Å². The van der Waals surface area contributed by atoms with Crippen LogP contribution in [-0.2, 0) is 4.74 Å². The quantitative estimate of drug-likeness (QED) is 0.407. The molecule has 0 aromatic heterocycles. The van der Waals surface area contributed by atoms with E-state index >= 15 is 0 Å². The Bertz CT molecular complexity index is 368. The molecule has 1 rings (SSSR count). The molecule has 0 radical (unpaired) electrons. The normalized spacial score (nSPS) is 12.2. The minimum atomic E-state index is 0.402. The molecule has 1 aromatic carbocycles. The first-order valence-corrected chi connectivity index (χ1v) is 8.16. The summed E-state index contributed by atoms with van der Waals surface area (Å²) in [5.41, 5.74) is 0. The van der Waals surface area contributed by atoms with E-state index in [9.17, 15) is 0 Å². The Balaban J connectivity index is 2.62. The fourth-order valence-electron chi connectivity index (χ4n) is 1.48. The van der Waals surface area contributed by atoms with E-state index in [4.69, 9.17) is 4.74 Å². The van der Waals surface area contributed by atoms with Gasteiger partial charge in [0.15, 0.2) is 0 Å². The molecule has 0 fully saturated rings. The van der Waals surface area contributed by atoms with Gasteiger partial charge in [-0.25, -0.2) is 0 Å². The molecule has 0 unspecified atom stereocenters. The summed E-state index contributed by atoms with van der Waals surface area (Å²) in [6, 6.07) is 10.7. The summed E-state index contributed by atoms with van der Waals surface area (Å²) in [5.74, 6) is 0. The summed E-state index contributed by atoms with van der Waals surface area (Å²) in [4.78, 5) is 0. The van der Waals surface area contributed by atoms with E-state index in [2.05, 4.69) is 55.5 Å². The van der Waals surface area contributed by atoms with Crippen LogP contribution in [0.4, 0.5) is 0 Å². The monoisotopic (exact) mass is 310 g/mol. The molecular formula is C16H22OSe. The van der Waals surface area contributed by atoms with Crippen molar-refractivity contribution in [3.8, 4) is 0 Å². The molecule has 1 nitrogen and oxygen atoms in total. The van der Waals surface area contributed by atoms with Crippen LogP contribution in [0.15, 0.2) is 53.0 Å². The van der Waals surface area contributed by atoms with Crippen molar-refractivity contribution in [2.24, 2.45) is 0 Å². The standard InChI is InChI=1S/C16H22OSe/c1-3-4-6-10-16(13-9-14-17-2)18-15-11-7-5-8-12-15/h5,7-13H,3-4,6,14H2,1-2H3/b13-9+,16-10-. The van der Waals surface area contributed by atoms with Crippen LogP contribution in [0, 0.1) is 0 Å². The van der Waals surface area contributed by atoms with Crippen LogP contribution < -0.4 is 4.46 Å². The van der Waals surface area contributed by atoms with Gasteiger partial charge in [-0.15, -0.1) is 0 Å². The van der Waals surface area contributed by atoms with Gasteiger partial charge in [0.1, 0.15) is 0 Å². The van der Waals surface area contributed by atoms with Crippen LogP contribution in [0.5, 0.6) is 0 Å². The molecule has 0 aliphatic heterocycles. The Labute approximate surface area is 117 Å². The number of rotatable bonds is 8. The van der Waals surface area contributed by atoms with E-state index < -0.39 is 0 Å². The maximum atomic E-state index is 5.06. The predicted molar refractivity (Wildman–Crippen MR) is 80.5 cm³/mol. The van der Waals surface area contributed by atoms with Gasteiger partial charge >= 0.3 is 117 Å². The van der Waals surface area contributed by atoms with E-state index in [1.54, 1.807) is 7.11 Å². The predicted octanol–water partition coefficient (Wildman–Crippen LogP) is 3.29. The van der Waals surface area contributed by atoms with Crippen LogP contribution in [0.2, 0.25) is 0 Å². The van der Waals surface area contributed by atoms with Gasteiger partial charge in [0.25, 0.3) is 0 Å². The van der Waals surface area contributed by atoms with Crippen molar-refractivity contribution >= 4 is 19.4 Å². The van der Waals surface area contributed by atoms with Crippen LogP contribution >= 0.6 is 0 Å². The molecule has 0 saturated carbocycles. The number of methoxy groups -OCH3 is 1. The van der Waals surface area contributed by atoms with E-state index in [1.807, 2.05) is 0 Å². The summed E-state index contributed by atoms with van der Waals surface area (Å²) in [5, 5.41) is 0. The third kappa shape index (κ3) is 6.80. The molecule has 0 N–H and O–H groups in total. The number of hydrogen-bond acceptors (Lipinski definition) is 1. The van der Waals surface area contributed by atoms with Gasteiger partial charge in [0, 0.05) is 0 Å². The Morgan fingerprint density at radius 2 is 2.06 bits per heavy atom. The zero-order chi connectivity index (χ0) is 13.1. The molecule has 0 aliphatic rings. The van der Waals surface area contributed by atoms with Crippen molar-refractivity contribution in [2.45, 2.75) is 26.2 Å². The molecule has 0 aliphatic carbocycles. The maximum absolute atomic E-state index is 5.06. The van der Waals surface area contributed by atoms with Gasteiger partial charge in [0.05, 0.1) is 0 Å². The zero-order valence-corrected chi connectivity index (χ0v) is 13.0. The van der Waals surface area contributed by atoms with Crippen molar-refractivity contribution in [2.75, 3.05) is 13.7 Å². The first-order valence-electron chi connectivity index (χ1n) is 6.45. The van der Waals surface area contributed by atoms with Crippen molar-refractivity contribution in [1.82, 2.24) is 0 Å². The minimum absolute atomic E-state index is 0.402. The molecule has 0 spiro atoms. The van der Waals surface area contributed by atoms with E-state index in [0.29, 0.717) is 21.6 Å². The Hall–Kier alpha value is -0.821. The number of ether oxygens (including phenoxy) is 1.